The first-order valence-electron chi connectivity index (χ1n) is 7.54. The van der Waals surface area contributed by atoms with Crippen molar-refractivity contribution >= 4 is 15.9 Å². The van der Waals surface area contributed by atoms with Crippen LogP contribution in [0.25, 0.3) is 0 Å². The molecule has 2 aromatic heterocycles. The molecule has 4 nitrogen and oxygen atoms in total. The molecule has 1 atom stereocenters. The Morgan fingerprint density at radius 3 is 2.81 bits per heavy atom. The quantitative estimate of drug-likeness (QED) is 0.824. The van der Waals surface area contributed by atoms with E-state index >= 15 is 0 Å². The van der Waals surface area contributed by atoms with Crippen molar-refractivity contribution in [1.82, 2.24) is 20.1 Å². The Labute approximate surface area is 135 Å². The average Bonchev–Trinajstić information content (AvgIpc) is 2.82. The topological polar surface area (TPSA) is 42.7 Å². The van der Waals surface area contributed by atoms with Crippen LogP contribution in [-0.2, 0) is 6.54 Å². The molecule has 2 rings (SSSR count). The molecule has 1 unspecified atom stereocenters. The Balaban J connectivity index is 2.42. The largest absolute Gasteiger partial charge is 0.304 e. The average molecular weight is 351 g/mol. The summed E-state index contributed by atoms with van der Waals surface area (Å²) in [4.78, 5) is 4.57. The summed E-state index contributed by atoms with van der Waals surface area (Å²) >= 11 is 3.64. The van der Waals surface area contributed by atoms with Crippen LogP contribution < -0.4 is 5.32 Å². The molecule has 1 N–H and O–H groups in total. The maximum Gasteiger partial charge on any atom is 0.0933 e. The molecule has 0 aromatic carbocycles. The zero-order chi connectivity index (χ0) is 15.2. The molecular weight excluding hydrogens is 328 g/mol. The van der Waals surface area contributed by atoms with Crippen molar-refractivity contribution in [2.75, 3.05) is 6.54 Å². The van der Waals surface area contributed by atoms with Gasteiger partial charge in [-0.3, -0.25) is 9.67 Å². The number of halogens is 1. The number of aryl methyl sites for hydroxylation is 2. The minimum absolute atomic E-state index is 0.0632. The molecule has 0 amide bonds. The van der Waals surface area contributed by atoms with Gasteiger partial charge in [0.25, 0.3) is 0 Å². The van der Waals surface area contributed by atoms with Gasteiger partial charge in [-0.15, -0.1) is 0 Å². The van der Waals surface area contributed by atoms with Crippen molar-refractivity contribution in [3.05, 3.63) is 46.0 Å². The summed E-state index contributed by atoms with van der Waals surface area (Å²) in [7, 11) is 0. The molecule has 114 valence electrons. The summed E-state index contributed by atoms with van der Waals surface area (Å²) in [6.07, 6.45) is 5.89. The Morgan fingerprint density at radius 2 is 2.14 bits per heavy atom. The van der Waals surface area contributed by atoms with E-state index in [2.05, 4.69) is 62.8 Å². The number of hydrogen-bond donors (Lipinski definition) is 1. The van der Waals surface area contributed by atoms with Crippen LogP contribution in [0.4, 0.5) is 0 Å². The van der Waals surface area contributed by atoms with Gasteiger partial charge in [0.1, 0.15) is 0 Å². The second-order valence-electron chi connectivity index (χ2n) is 5.25. The predicted molar refractivity (Wildman–Crippen MR) is 89.3 cm³/mol. The van der Waals surface area contributed by atoms with Crippen molar-refractivity contribution in [2.24, 2.45) is 0 Å². The van der Waals surface area contributed by atoms with E-state index in [0.29, 0.717) is 0 Å². The first-order chi connectivity index (χ1) is 10.2. The zero-order valence-corrected chi connectivity index (χ0v) is 14.5. The van der Waals surface area contributed by atoms with Gasteiger partial charge < -0.3 is 5.32 Å². The second kappa shape index (κ2) is 7.71. The second-order valence-corrected chi connectivity index (χ2v) is 6.10. The lowest BCUT2D eigenvalue weighted by Gasteiger charge is -2.20. The number of aromatic nitrogens is 3. The van der Waals surface area contributed by atoms with Gasteiger partial charge in [0.05, 0.1) is 28.1 Å². The van der Waals surface area contributed by atoms with Gasteiger partial charge in [0.2, 0.25) is 0 Å². The Bertz CT molecular complexity index is 579. The Kier molecular flexibility index (Phi) is 5.94. The van der Waals surface area contributed by atoms with E-state index in [1.807, 2.05) is 18.5 Å². The third kappa shape index (κ3) is 3.92. The predicted octanol–water partition coefficient (Wildman–Crippen LogP) is 3.85. The molecule has 0 aliphatic rings. The highest BCUT2D eigenvalue weighted by Crippen LogP contribution is 2.28. The fraction of sp³-hybridized carbons (Fsp3) is 0.500. The van der Waals surface area contributed by atoms with Gasteiger partial charge in [0, 0.05) is 12.7 Å². The third-order valence-corrected chi connectivity index (χ3v) is 3.98. The van der Waals surface area contributed by atoms with Gasteiger partial charge >= 0.3 is 0 Å². The van der Waals surface area contributed by atoms with Crippen LogP contribution in [0.2, 0.25) is 0 Å². The van der Waals surface area contributed by atoms with Crippen LogP contribution in [0.15, 0.2) is 29.0 Å². The van der Waals surface area contributed by atoms with E-state index in [9.17, 15) is 0 Å². The van der Waals surface area contributed by atoms with E-state index in [1.54, 1.807) is 0 Å². The van der Waals surface area contributed by atoms with E-state index in [4.69, 9.17) is 0 Å². The van der Waals surface area contributed by atoms with E-state index in [1.165, 1.54) is 5.56 Å². The van der Waals surface area contributed by atoms with E-state index < -0.39 is 0 Å². The van der Waals surface area contributed by atoms with Crippen LogP contribution in [-0.4, -0.2) is 21.3 Å². The smallest absolute Gasteiger partial charge is 0.0933 e. The molecular formula is C16H23BrN4. The highest BCUT2D eigenvalue weighted by molar-refractivity contribution is 9.10. The SMILES string of the molecule is CCCNC(c1cc(C)ccn1)c1c(Br)cnn1CCC. The zero-order valence-electron chi connectivity index (χ0n) is 12.9. The van der Waals surface area contributed by atoms with Crippen molar-refractivity contribution < 1.29 is 0 Å². The van der Waals surface area contributed by atoms with Crippen molar-refractivity contribution in [3.8, 4) is 0 Å². The molecule has 0 radical (unpaired) electrons. The lowest BCUT2D eigenvalue weighted by Crippen LogP contribution is -2.27. The van der Waals surface area contributed by atoms with Crippen LogP contribution in [0.3, 0.4) is 0 Å². The molecule has 0 aliphatic heterocycles. The minimum atomic E-state index is 0.0632. The van der Waals surface area contributed by atoms with Crippen molar-refractivity contribution in [3.63, 3.8) is 0 Å². The highest BCUT2D eigenvalue weighted by atomic mass is 79.9. The summed E-state index contributed by atoms with van der Waals surface area (Å²) in [6.45, 7) is 8.30. The lowest BCUT2D eigenvalue weighted by molar-refractivity contribution is 0.504. The molecule has 21 heavy (non-hydrogen) atoms. The molecule has 5 heteroatoms. The van der Waals surface area contributed by atoms with Crippen LogP contribution in [0.1, 0.15) is 49.7 Å². The Morgan fingerprint density at radius 1 is 1.33 bits per heavy atom. The molecule has 0 saturated heterocycles. The maximum absolute atomic E-state index is 4.57. The molecule has 0 bridgehead atoms. The van der Waals surface area contributed by atoms with Crippen LogP contribution in [0.5, 0.6) is 0 Å². The van der Waals surface area contributed by atoms with E-state index in [-0.39, 0.29) is 6.04 Å². The summed E-state index contributed by atoms with van der Waals surface area (Å²) in [6, 6.07) is 4.23. The third-order valence-electron chi connectivity index (χ3n) is 3.37. The summed E-state index contributed by atoms with van der Waals surface area (Å²) in [5.74, 6) is 0. The normalized spacial score (nSPS) is 12.6. The molecule has 2 aromatic rings. The summed E-state index contributed by atoms with van der Waals surface area (Å²) in [5, 5.41) is 8.09. The molecule has 2 heterocycles. The van der Waals surface area contributed by atoms with Crippen LogP contribution in [0, 0.1) is 6.92 Å². The molecule has 0 fully saturated rings. The van der Waals surface area contributed by atoms with Crippen molar-refractivity contribution in [1.29, 1.82) is 0 Å². The van der Waals surface area contributed by atoms with Gasteiger partial charge in [0.15, 0.2) is 0 Å². The highest BCUT2D eigenvalue weighted by Gasteiger charge is 2.22. The van der Waals surface area contributed by atoms with E-state index in [0.717, 1.165) is 41.8 Å². The Hall–Kier alpha value is -1.20. The van der Waals surface area contributed by atoms with Crippen LogP contribution >= 0.6 is 15.9 Å². The monoisotopic (exact) mass is 350 g/mol. The lowest BCUT2D eigenvalue weighted by atomic mass is 10.1. The number of hydrogen-bond acceptors (Lipinski definition) is 3. The fourth-order valence-electron chi connectivity index (χ4n) is 2.40. The summed E-state index contributed by atoms with van der Waals surface area (Å²) < 4.78 is 3.11. The first kappa shape index (κ1) is 16.2. The van der Waals surface area contributed by atoms with Gasteiger partial charge in [-0.1, -0.05) is 13.8 Å². The fourth-order valence-corrected chi connectivity index (χ4v) is 2.92. The first-order valence-corrected chi connectivity index (χ1v) is 8.33. The maximum atomic E-state index is 4.57. The summed E-state index contributed by atoms with van der Waals surface area (Å²) in [5.41, 5.74) is 3.42. The number of nitrogens with zero attached hydrogens (tertiary/aromatic N) is 3. The van der Waals surface area contributed by atoms with Crippen molar-refractivity contribution in [2.45, 2.75) is 46.2 Å². The standard InChI is InChI=1S/C16H23BrN4/c1-4-7-19-15(14-10-12(3)6-8-18-14)16-13(17)11-20-21(16)9-5-2/h6,8,10-11,15,19H,4-5,7,9H2,1-3H3. The van der Waals surface area contributed by atoms with Gasteiger partial charge in [-0.2, -0.15) is 5.10 Å². The molecule has 0 aliphatic carbocycles. The van der Waals surface area contributed by atoms with Gasteiger partial charge in [-0.05, 0) is 59.9 Å². The number of nitrogens with one attached hydrogen (secondary N) is 1. The minimum Gasteiger partial charge on any atom is -0.304 e. The molecule has 0 saturated carbocycles. The number of rotatable bonds is 7. The van der Waals surface area contributed by atoms with Gasteiger partial charge in [-0.25, -0.2) is 0 Å². The molecule has 0 spiro atoms. The number of pyridine rings is 1.